The van der Waals surface area contributed by atoms with Gasteiger partial charge in [-0.05, 0) is 83.7 Å². The number of esters is 1. The highest BCUT2D eigenvalue weighted by Gasteiger charge is 2.15. The number of phenolic OH excluding ortho intramolecular Hbond substituents is 3. The average molecular weight is 721 g/mol. The van der Waals surface area contributed by atoms with Gasteiger partial charge in [0.1, 0.15) is 17.2 Å². The number of amides is 2. The van der Waals surface area contributed by atoms with Gasteiger partial charge in [-0.1, -0.05) is 84.9 Å². The number of hydrogen-bond acceptors (Lipinski definition) is 7. The van der Waals surface area contributed by atoms with Gasteiger partial charge in [-0.3, -0.25) is 14.4 Å². The zero-order valence-corrected chi connectivity index (χ0v) is 32.7. The molecule has 0 saturated carbocycles. The van der Waals surface area contributed by atoms with Gasteiger partial charge in [-0.25, -0.2) is 0 Å². The number of phenols is 3. The van der Waals surface area contributed by atoms with Crippen molar-refractivity contribution >= 4 is 17.8 Å². The summed E-state index contributed by atoms with van der Waals surface area (Å²) in [7, 11) is 0. The van der Waals surface area contributed by atoms with Crippen LogP contribution in [0.25, 0.3) is 0 Å². The van der Waals surface area contributed by atoms with E-state index in [4.69, 9.17) is 14.9 Å². The zero-order valence-electron chi connectivity index (χ0n) is 32.7. The largest absolute Gasteiger partial charge is 0.508 e. The zero-order chi connectivity index (χ0) is 40.2. The van der Waals surface area contributed by atoms with Crippen molar-refractivity contribution in [3.63, 3.8) is 0 Å². The van der Waals surface area contributed by atoms with Crippen molar-refractivity contribution in [2.45, 2.75) is 80.1 Å². The fraction of sp³-hybridized carbons (Fsp3) is 0.419. The first-order valence-electron chi connectivity index (χ1n) is 17.6. The molecule has 0 heterocycles. The average Bonchev–Trinajstić information content (AvgIpc) is 3.12. The highest BCUT2D eigenvalue weighted by Crippen LogP contribution is 2.21. The van der Waals surface area contributed by atoms with Gasteiger partial charge in [0.05, 0.1) is 18.9 Å². The quantitative estimate of drug-likeness (QED) is 0.0878. The molecule has 0 aliphatic carbocycles. The van der Waals surface area contributed by atoms with Gasteiger partial charge < -0.3 is 30.7 Å². The summed E-state index contributed by atoms with van der Waals surface area (Å²) in [6.07, 6.45) is 0.741. The van der Waals surface area contributed by atoms with E-state index in [2.05, 4.69) is 64.6 Å². The van der Waals surface area contributed by atoms with Gasteiger partial charge >= 0.3 is 5.97 Å². The molecule has 3 aromatic carbocycles. The Kier molecular flexibility index (Phi) is 27.0. The lowest BCUT2D eigenvalue weighted by atomic mass is 9.97. The van der Waals surface area contributed by atoms with Crippen molar-refractivity contribution in [3.8, 4) is 17.2 Å². The predicted molar refractivity (Wildman–Crippen MR) is 213 cm³/mol. The standard InChI is InChI=1S/C14H21NO2.C13H19NO2.C12H16O3.2C2H4/c1-10(2)9-15-14(17)8-11(3)12-4-6-13(16)7-5-12;1-9(2)8-14-13(16)10(3)11-4-6-12(15)7-5-11;1-9(2)8-15-12(14)7-10-3-5-11(13)6-4-10;2*1-2/h4-7,10-11,16H,8-9H2,1-3H3,(H,15,17);4-7,9-10,15H,8H2,1-3H3,(H,14,16);3-6,9,13H,7-8H2,1-2H3;2*1-2H2. The van der Waals surface area contributed by atoms with Crippen molar-refractivity contribution in [3.05, 3.63) is 116 Å². The number of carbonyl (C=O) groups excluding carboxylic acids is 3. The van der Waals surface area contributed by atoms with Crippen molar-refractivity contribution in [2.24, 2.45) is 17.8 Å². The van der Waals surface area contributed by atoms with E-state index in [9.17, 15) is 19.5 Å². The molecule has 52 heavy (non-hydrogen) atoms. The molecule has 0 aliphatic rings. The fourth-order valence-electron chi connectivity index (χ4n) is 4.05. The molecule has 3 aromatic rings. The molecular formula is C43H64N2O7. The van der Waals surface area contributed by atoms with Crippen LogP contribution in [0.1, 0.15) is 90.3 Å². The number of nitrogens with one attached hydrogen (secondary N) is 2. The van der Waals surface area contributed by atoms with Crippen LogP contribution in [-0.2, 0) is 25.5 Å². The lowest BCUT2D eigenvalue weighted by Gasteiger charge is -2.13. The molecule has 0 aliphatic heterocycles. The molecule has 2 amide bonds. The molecule has 0 aromatic heterocycles. The summed E-state index contributed by atoms with van der Waals surface area (Å²) < 4.78 is 5.04. The number of carbonyl (C=O) groups is 3. The third kappa shape index (κ3) is 24.2. The van der Waals surface area contributed by atoms with Gasteiger partial charge in [-0.2, -0.15) is 0 Å². The fourth-order valence-corrected chi connectivity index (χ4v) is 4.05. The van der Waals surface area contributed by atoms with Crippen molar-refractivity contribution < 1.29 is 34.4 Å². The second-order valence-corrected chi connectivity index (χ2v) is 13.3. The molecule has 2 atom stereocenters. The maximum atomic E-state index is 11.8. The second-order valence-electron chi connectivity index (χ2n) is 13.3. The summed E-state index contributed by atoms with van der Waals surface area (Å²) >= 11 is 0. The lowest BCUT2D eigenvalue weighted by Crippen LogP contribution is -2.31. The van der Waals surface area contributed by atoms with Crippen LogP contribution in [0.2, 0.25) is 0 Å². The van der Waals surface area contributed by atoms with Crippen molar-refractivity contribution in [1.29, 1.82) is 0 Å². The summed E-state index contributed by atoms with van der Waals surface area (Å²) in [5, 5.41) is 33.2. The van der Waals surface area contributed by atoms with Crippen LogP contribution in [0.5, 0.6) is 17.2 Å². The molecular weight excluding hydrogens is 656 g/mol. The predicted octanol–water partition coefficient (Wildman–Crippen LogP) is 8.66. The SMILES string of the molecule is C=C.C=C.CC(C)CNC(=O)C(C)c1ccc(O)cc1.CC(C)CNC(=O)CC(C)c1ccc(O)cc1.CC(C)COC(=O)Cc1ccc(O)cc1. The van der Waals surface area contributed by atoms with Crippen LogP contribution in [0, 0.1) is 17.8 Å². The van der Waals surface area contributed by atoms with Crippen molar-refractivity contribution in [1.82, 2.24) is 10.6 Å². The topological polar surface area (TPSA) is 145 Å². The molecule has 288 valence electrons. The minimum atomic E-state index is -0.227. The lowest BCUT2D eigenvalue weighted by molar-refractivity contribution is -0.143. The van der Waals surface area contributed by atoms with E-state index in [1.54, 1.807) is 60.7 Å². The Morgan fingerprint density at radius 3 is 1.42 bits per heavy atom. The monoisotopic (exact) mass is 720 g/mol. The summed E-state index contributed by atoms with van der Waals surface area (Å²) in [5.41, 5.74) is 2.84. The van der Waals surface area contributed by atoms with Gasteiger partial charge in [0.15, 0.2) is 0 Å². The van der Waals surface area contributed by atoms with Crippen LogP contribution >= 0.6 is 0 Å². The number of ether oxygens (including phenoxy) is 1. The first-order valence-corrected chi connectivity index (χ1v) is 17.6. The van der Waals surface area contributed by atoms with Crippen LogP contribution in [-0.4, -0.2) is 52.8 Å². The van der Waals surface area contributed by atoms with E-state index >= 15 is 0 Å². The second kappa shape index (κ2) is 28.6. The van der Waals surface area contributed by atoms with E-state index in [0.717, 1.165) is 23.2 Å². The Morgan fingerprint density at radius 1 is 0.596 bits per heavy atom. The molecule has 9 nitrogen and oxygen atoms in total. The van der Waals surface area contributed by atoms with E-state index in [-0.39, 0.29) is 53.3 Å². The molecule has 0 fully saturated rings. The third-order valence-electron chi connectivity index (χ3n) is 6.99. The van der Waals surface area contributed by atoms with E-state index in [1.165, 1.54) is 0 Å². The van der Waals surface area contributed by atoms with Gasteiger partial charge in [-0.15, -0.1) is 26.3 Å². The normalized spacial score (nSPS) is 11.1. The first-order chi connectivity index (χ1) is 24.6. The van der Waals surface area contributed by atoms with E-state index in [0.29, 0.717) is 37.3 Å². The van der Waals surface area contributed by atoms with E-state index in [1.807, 2.05) is 39.8 Å². The molecule has 0 radical (unpaired) electrons. The Labute approximate surface area is 312 Å². The smallest absolute Gasteiger partial charge is 0.310 e. The molecule has 0 spiro atoms. The summed E-state index contributed by atoms with van der Waals surface area (Å²) in [6.45, 7) is 30.0. The van der Waals surface area contributed by atoms with Gasteiger partial charge in [0.2, 0.25) is 11.8 Å². The highest BCUT2D eigenvalue weighted by atomic mass is 16.5. The first kappa shape index (κ1) is 49.1. The van der Waals surface area contributed by atoms with Crippen LogP contribution in [0.3, 0.4) is 0 Å². The van der Waals surface area contributed by atoms with Crippen LogP contribution < -0.4 is 10.6 Å². The summed E-state index contributed by atoms with van der Waals surface area (Å²) in [6, 6.07) is 20.3. The highest BCUT2D eigenvalue weighted by molar-refractivity contribution is 5.83. The Morgan fingerprint density at radius 2 is 1.00 bits per heavy atom. The van der Waals surface area contributed by atoms with Gasteiger partial charge in [0, 0.05) is 19.5 Å². The number of aromatic hydroxyl groups is 3. The maximum Gasteiger partial charge on any atom is 0.310 e. The number of rotatable bonds is 13. The Hall–Kier alpha value is -5.05. The minimum absolute atomic E-state index is 0.0272. The molecule has 9 heteroatoms. The number of hydrogen-bond donors (Lipinski definition) is 5. The molecule has 5 N–H and O–H groups in total. The Balaban J connectivity index is 0. The van der Waals surface area contributed by atoms with Gasteiger partial charge in [0.25, 0.3) is 0 Å². The molecule has 0 bridgehead atoms. The van der Waals surface area contributed by atoms with Crippen LogP contribution in [0.4, 0.5) is 0 Å². The molecule has 2 unspecified atom stereocenters. The summed E-state index contributed by atoms with van der Waals surface area (Å²) in [4.78, 5) is 34.7. The van der Waals surface area contributed by atoms with Crippen molar-refractivity contribution in [2.75, 3.05) is 19.7 Å². The van der Waals surface area contributed by atoms with Crippen LogP contribution in [0.15, 0.2) is 99.1 Å². The third-order valence-corrected chi connectivity index (χ3v) is 6.99. The molecule has 0 saturated heterocycles. The minimum Gasteiger partial charge on any atom is -0.508 e. The summed E-state index contributed by atoms with van der Waals surface area (Å²) in [5.74, 6) is 1.83. The van der Waals surface area contributed by atoms with E-state index < -0.39 is 0 Å². The number of benzene rings is 3. The Bertz CT molecular complexity index is 1380. The maximum absolute atomic E-state index is 11.8. The molecule has 3 rings (SSSR count).